The fraction of sp³-hybridized carbons (Fsp3) is 0.588. The van der Waals surface area contributed by atoms with Crippen LogP contribution in [0.3, 0.4) is 0 Å². The number of hydrogen-bond donors (Lipinski definition) is 1. The number of rotatable bonds is 5. The van der Waals surface area contributed by atoms with E-state index >= 15 is 0 Å². The molecule has 24 heavy (non-hydrogen) atoms. The predicted octanol–water partition coefficient (Wildman–Crippen LogP) is 2.79. The maximum Gasteiger partial charge on any atom is 0.414 e. The molecule has 134 valence electrons. The molecule has 4 nitrogen and oxygen atoms in total. The summed E-state index contributed by atoms with van der Waals surface area (Å²) in [5, 5.41) is 9.30. The molecule has 0 saturated carbocycles. The van der Waals surface area contributed by atoms with Crippen LogP contribution in [0.4, 0.5) is 13.2 Å². The number of carbonyl (C=O) groups excluding carboxylic acids is 1. The van der Waals surface area contributed by atoms with Gasteiger partial charge in [-0.15, -0.1) is 0 Å². The van der Waals surface area contributed by atoms with Crippen molar-refractivity contribution in [2.75, 3.05) is 20.2 Å². The Balaban J connectivity index is 1.80. The minimum Gasteiger partial charge on any atom is -0.497 e. The average molecular weight is 345 g/mol. The molecule has 0 spiro atoms. The van der Waals surface area contributed by atoms with Gasteiger partial charge in [0.15, 0.2) is 6.10 Å². The molecule has 1 fully saturated rings. The lowest BCUT2D eigenvalue weighted by atomic mass is 9.90. The summed E-state index contributed by atoms with van der Waals surface area (Å²) in [6.07, 6.45) is -5.69. The molecule has 1 aromatic rings. The average Bonchev–Trinajstić information content (AvgIpc) is 2.58. The van der Waals surface area contributed by atoms with E-state index in [0.717, 1.165) is 11.3 Å². The van der Waals surface area contributed by atoms with E-state index in [2.05, 4.69) is 0 Å². The van der Waals surface area contributed by atoms with Crippen LogP contribution in [0.25, 0.3) is 0 Å². The van der Waals surface area contributed by atoms with E-state index in [4.69, 9.17) is 4.74 Å². The van der Waals surface area contributed by atoms with E-state index in [0.29, 0.717) is 12.8 Å². The van der Waals surface area contributed by atoms with Gasteiger partial charge in [0.1, 0.15) is 5.75 Å². The van der Waals surface area contributed by atoms with E-state index < -0.39 is 18.2 Å². The molecule has 1 N–H and O–H groups in total. The number of nitrogens with zero attached hydrogens (tertiary/aromatic N) is 1. The van der Waals surface area contributed by atoms with Crippen molar-refractivity contribution in [1.82, 2.24) is 4.90 Å². The second-order valence-electron chi connectivity index (χ2n) is 6.06. The van der Waals surface area contributed by atoms with Crippen molar-refractivity contribution in [2.24, 2.45) is 5.92 Å². The molecule has 1 unspecified atom stereocenters. The van der Waals surface area contributed by atoms with Crippen molar-refractivity contribution in [3.8, 4) is 5.75 Å². The lowest BCUT2D eigenvalue weighted by Crippen LogP contribution is -2.45. The minimum atomic E-state index is -4.59. The first kappa shape index (κ1) is 18.6. The van der Waals surface area contributed by atoms with Crippen LogP contribution >= 0.6 is 0 Å². The SMILES string of the molecule is COc1cccc(CCC(=O)N2CCC(C(O)C(F)(F)F)CC2)c1. The van der Waals surface area contributed by atoms with Crippen molar-refractivity contribution in [2.45, 2.75) is 38.0 Å². The Morgan fingerprint density at radius 2 is 2.04 bits per heavy atom. The molecule has 1 saturated heterocycles. The fourth-order valence-electron chi connectivity index (χ4n) is 2.97. The second kappa shape index (κ2) is 7.88. The van der Waals surface area contributed by atoms with Gasteiger partial charge < -0.3 is 14.7 Å². The molecule has 1 amide bonds. The Bertz CT molecular complexity index is 554. The van der Waals surface area contributed by atoms with Crippen molar-refractivity contribution >= 4 is 5.91 Å². The Labute approximate surface area is 139 Å². The minimum absolute atomic E-state index is 0.0715. The molecule has 1 aliphatic heterocycles. The summed E-state index contributed by atoms with van der Waals surface area (Å²) in [5.74, 6) is -0.174. The van der Waals surface area contributed by atoms with Crippen molar-refractivity contribution < 1.29 is 27.8 Å². The van der Waals surface area contributed by atoms with Crippen molar-refractivity contribution in [3.05, 3.63) is 29.8 Å². The third-order valence-corrected chi connectivity index (χ3v) is 4.44. The van der Waals surface area contributed by atoms with Crippen LogP contribution < -0.4 is 4.74 Å². The summed E-state index contributed by atoms with van der Waals surface area (Å²) < 4.78 is 42.7. The fourth-order valence-corrected chi connectivity index (χ4v) is 2.97. The number of hydrogen-bond acceptors (Lipinski definition) is 3. The first-order valence-corrected chi connectivity index (χ1v) is 7.96. The topological polar surface area (TPSA) is 49.8 Å². The zero-order chi connectivity index (χ0) is 17.7. The standard InChI is InChI=1S/C17H22F3NO3/c1-24-14-4-2-3-12(11-14)5-6-15(22)21-9-7-13(8-10-21)16(23)17(18,19)20/h2-4,11,13,16,23H,5-10H2,1H3. The Morgan fingerprint density at radius 1 is 1.38 bits per heavy atom. The van der Waals surface area contributed by atoms with Gasteiger partial charge >= 0.3 is 6.18 Å². The lowest BCUT2D eigenvalue weighted by molar-refractivity contribution is -0.222. The first-order chi connectivity index (χ1) is 11.3. The highest BCUT2D eigenvalue weighted by Crippen LogP contribution is 2.31. The molecule has 0 aromatic heterocycles. The van der Waals surface area contributed by atoms with Gasteiger partial charge in [0, 0.05) is 19.5 Å². The number of benzene rings is 1. The Morgan fingerprint density at radius 3 is 2.62 bits per heavy atom. The van der Waals surface area contributed by atoms with Crippen LogP contribution in [0.1, 0.15) is 24.8 Å². The molecule has 1 heterocycles. The zero-order valence-electron chi connectivity index (χ0n) is 13.6. The smallest absolute Gasteiger partial charge is 0.414 e. The number of piperidine rings is 1. The Kier molecular flexibility index (Phi) is 6.10. The monoisotopic (exact) mass is 345 g/mol. The van der Waals surface area contributed by atoms with Gasteiger partial charge in [0.2, 0.25) is 5.91 Å². The Hall–Kier alpha value is -1.76. The van der Waals surface area contributed by atoms with Crippen molar-refractivity contribution in [1.29, 1.82) is 0 Å². The number of likely N-dealkylation sites (tertiary alicyclic amines) is 1. The number of ether oxygens (including phenoxy) is 1. The summed E-state index contributed by atoms with van der Waals surface area (Å²) >= 11 is 0. The van der Waals surface area contributed by atoms with Gasteiger partial charge in [-0.25, -0.2) is 0 Å². The van der Waals surface area contributed by atoms with Crippen LogP contribution in [0.5, 0.6) is 5.75 Å². The van der Waals surface area contributed by atoms with Gasteiger partial charge in [0.25, 0.3) is 0 Å². The molecule has 1 atom stereocenters. The van der Waals surface area contributed by atoms with E-state index in [-0.39, 0.29) is 31.8 Å². The number of aryl methyl sites for hydroxylation is 1. The maximum atomic E-state index is 12.5. The lowest BCUT2D eigenvalue weighted by Gasteiger charge is -2.34. The van der Waals surface area contributed by atoms with Crippen molar-refractivity contribution in [3.63, 3.8) is 0 Å². The van der Waals surface area contributed by atoms with Crippen LogP contribution in [-0.4, -0.2) is 48.4 Å². The van der Waals surface area contributed by atoms with E-state index in [1.165, 1.54) is 0 Å². The predicted molar refractivity (Wildman–Crippen MR) is 82.7 cm³/mol. The second-order valence-corrected chi connectivity index (χ2v) is 6.06. The van der Waals surface area contributed by atoms with Gasteiger partial charge in [-0.1, -0.05) is 12.1 Å². The number of halogens is 3. The van der Waals surface area contributed by atoms with Gasteiger partial charge in [-0.3, -0.25) is 4.79 Å². The largest absolute Gasteiger partial charge is 0.497 e. The quantitative estimate of drug-likeness (QED) is 0.893. The molecule has 7 heteroatoms. The maximum absolute atomic E-state index is 12.5. The summed E-state index contributed by atoms with van der Waals surface area (Å²) in [4.78, 5) is 13.8. The summed E-state index contributed by atoms with van der Waals surface area (Å²) in [6, 6.07) is 7.44. The van der Waals surface area contributed by atoms with Crippen LogP contribution in [0.15, 0.2) is 24.3 Å². The highest BCUT2D eigenvalue weighted by molar-refractivity contribution is 5.76. The van der Waals surface area contributed by atoms with E-state index in [1.54, 1.807) is 12.0 Å². The number of aliphatic hydroxyl groups is 1. The van der Waals surface area contributed by atoms with Gasteiger partial charge in [0.05, 0.1) is 7.11 Å². The molecule has 0 aliphatic carbocycles. The number of aliphatic hydroxyl groups excluding tert-OH is 1. The van der Waals surface area contributed by atoms with Gasteiger partial charge in [-0.05, 0) is 42.9 Å². The summed E-state index contributed by atoms with van der Waals surface area (Å²) in [7, 11) is 1.57. The molecular weight excluding hydrogens is 323 g/mol. The molecule has 0 radical (unpaired) electrons. The third-order valence-electron chi connectivity index (χ3n) is 4.44. The number of methoxy groups -OCH3 is 1. The highest BCUT2D eigenvalue weighted by Gasteiger charge is 2.44. The van der Waals surface area contributed by atoms with Gasteiger partial charge in [-0.2, -0.15) is 13.2 Å². The normalized spacial score (nSPS) is 17.6. The third kappa shape index (κ3) is 4.87. The molecular formula is C17H22F3NO3. The molecule has 0 bridgehead atoms. The van der Waals surface area contributed by atoms with E-state index in [1.807, 2.05) is 24.3 Å². The number of carbonyl (C=O) groups is 1. The molecule has 1 aliphatic rings. The molecule has 1 aromatic carbocycles. The van der Waals surface area contributed by atoms with Crippen LogP contribution in [0, 0.1) is 5.92 Å². The zero-order valence-corrected chi connectivity index (χ0v) is 13.6. The summed E-state index contributed by atoms with van der Waals surface area (Å²) in [6.45, 7) is 0.517. The number of amides is 1. The highest BCUT2D eigenvalue weighted by atomic mass is 19.4. The van der Waals surface area contributed by atoms with E-state index in [9.17, 15) is 23.1 Å². The van der Waals surface area contributed by atoms with Crippen LogP contribution in [-0.2, 0) is 11.2 Å². The summed E-state index contributed by atoms with van der Waals surface area (Å²) in [5.41, 5.74) is 0.977. The first-order valence-electron chi connectivity index (χ1n) is 7.96. The molecule has 2 rings (SSSR count). The number of alkyl halides is 3. The van der Waals surface area contributed by atoms with Crippen LogP contribution in [0.2, 0.25) is 0 Å².